The average Bonchev–Trinajstić information content (AvgIpc) is 3.46. The van der Waals surface area contributed by atoms with Gasteiger partial charge in [0.25, 0.3) is 11.5 Å². The summed E-state index contributed by atoms with van der Waals surface area (Å²) in [4.78, 5) is 46.9. The molecular weight excluding hydrogens is 561 g/mol. The number of para-hydroxylation sites is 1. The van der Waals surface area contributed by atoms with Crippen molar-refractivity contribution in [2.45, 2.75) is 37.3 Å². The van der Waals surface area contributed by atoms with Crippen molar-refractivity contribution in [2.24, 2.45) is 5.73 Å². The second-order valence-corrected chi connectivity index (χ2v) is 12.6. The number of amides is 2. The van der Waals surface area contributed by atoms with Gasteiger partial charge in [0.1, 0.15) is 9.83 Å². The van der Waals surface area contributed by atoms with Crippen molar-refractivity contribution in [1.82, 2.24) is 9.55 Å². The summed E-state index contributed by atoms with van der Waals surface area (Å²) in [5.74, 6) is -0.916. The monoisotopic (exact) mass is 586 g/mol. The van der Waals surface area contributed by atoms with Crippen LogP contribution in [0.15, 0.2) is 76.7 Å². The fourth-order valence-electron chi connectivity index (χ4n) is 4.97. The van der Waals surface area contributed by atoms with Gasteiger partial charge in [-0.25, -0.2) is 4.98 Å². The van der Waals surface area contributed by atoms with E-state index in [4.69, 9.17) is 10.7 Å². The molecule has 40 heavy (non-hydrogen) atoms. The van der Waals surface area contributed by atoms with Crippen molar-refractivity contribution in [3.05, 3.63) is 93.1 Å². The number of fused-ring (bicyclic) bond motifs is 3. The first-order valence-electron chi connectivity index (χ1n) is 13.0. The first-order chi connectivity index (χ1) is 19.5. The van der Waals surface area contributed by atoms with E-state index in [1.54, 1.807) is 22.0 Å². The molecule has 0 bridgehead atoms. The minimum atomic E-state index is -0.608. The molecule has 2 aromatic carbocycles. The number of aromatic nitrogens is 2. The lowest BCUT2D eigenvalue weighted by Gasteiger charge is -2.12. The van der Waals surface area contributed by atoms with Crippen molar-refractivity contribution in [3.8, 4) is 16.1 Å². The molecule has 0 unspecified atom stereocenters. The fourth-order valence-corrected chi connectivity index (χ4v) is 8.17. The summed E-state index contributed by atoms with van der Waals surface area (Å²) in [6, 6.07) is 20.7. The number of nitrogens with two attached hydrogens (primary N) is 1. The molecule has 0 aliphatic heterocycles. The SMILES string of the molecule is NC(=O)c1cc(-c2ccccc2)sc1NC(=O)CSc1nc2sc3c(c2c(=O)n1-c1ccccc1)CCCCC3. The maximum Gasteiger partial charge on any atom is 0.267 e. The number of primary amides is 1. The number of carbonyl (C=O) groups is 2. The quantitative estimate of drug-likeness (QED) is 0.133. The van der Waals surface area contributed by atoms with Crippen molar-refractivity contribution < 1.29 is 9.59 Å². The molecule has 0 atom stereocenters. The van der Waals surface area contributed by atoms with E-state index in [0.717, 1.165) is 46.5 Å². The van der Waals surface area contributed by atoms with Gasteiger partial charge in [0.2, 0.25) is 5.91 Å². The topological polar surface area (TPSA) is 107 Å². The van der Waals surface area contributed by atoms with Crippen molar-refractivity contribution in [3.63, 3.8) is 0 Å². The number of hydrogen-bond acceptors (Lipinski definition) is 7. The molecule has 1 aliphatic rings. The molecule has 3 heterocycles. The Labute approximate surface area is 243 Å². The lowest BCUT2D eigenvalue weighted by Crippen LogP contribution is -2.23. The van der Waals surface area contributed by atoms with Crippen molar-refractivity contribution in [1.29, 1.82) is 0 Å². The Balaban J connectivity index is 1.31. The predicted molar refractivity (Wildman–Crippen MR) is 164 cm³/mol. The van der Waals surface area contributed by atoms with Crippen LogP contribution in [-0.2, 0) is 17.6 Å². The molecule has 10 heteroatoms. The Morgan fingerprint density at radius 3 is 2.45 bits per heavy atom. The van der Waals surface area contributed by atoms with E-state index in [2.05, 4.69) is 5.32 Å². The zero-order chi connectivity index (χ0) is 27.6. The summed E-state index contributed by atoms with van der Waals surface area (Å²) in [7, 11) is 0. The largest absolute Gasteiger partial charge is 0.366 e. The minimum absolute atomic E-state index is 0.00659. The highest BCUT2D eigenvalue weighted by Gasteiger charge is 2.23. The predicted octanol–water partition coefficient (Wildman–Crippen LogP) is 6.27. The Bertz CT molecular complexity index is 1780. The van der Waals surface area contributed by atoms with Gasteiger partial charge >= 0.3 is 0 Å². The number of thiophene rings is 2. The molecular formula is C30H26N4O3S3. The Morgan fingerprint density at radius 2 is 1.70 bits per heavy atom. The van der Waals surface area contributed by atoms with Gasteiger partial charge in [-0.3, -0.25) is 19.0 Å². The standard InChI is InChI=1S/C30H26N4O3S3/c31-26(36)21-16-23(18-10-4-1-5-11-18)40-27(21)32-24(35)17-38-30-33-28-25(20-14-8-3-9-15-22(20)39-28)29(37)34(30)19-12-6-2-7-13-19/h1-2,4-7,10-13,16H,3,8-9,14-15,17H2,(H2,31,36)(H,32,35). The number of hydrogen-bond donors (Lipinski definition) is 2. The third-order valence-electron chi connectivity index (χ3n) is 6.86. The van der Waals surface area contributed by atoms with Crippen LogP contribution in [0.25, 0.3) is 26.3 Å². The summed E-state index contributed by atoms with van der Waals surface area (Å²) >= 11 is 4.10. The van der Waals surface area contributed by atoms with Crippen LogP contribution in [0.4, 0.5) is 5.00 Å². The number of nitrogens with one attached hydrogen (secondary N) is 1. The fraction of sp³-hybridized carbons (Fsp3) is 0.200. The van der Waals surface area contributed by atoms with Crippen LogP contribution in [0.5, 0.6) is 0 Å². The van der Waals surface area contributed by atoms with Crippen molar-refractivity contribution in [2.75, 3.05) is 11.1 Å². The molecule has 0 radical (unpaired) electrons. The number of benzene rings is 2. The van der Waals surface area contributed by atoms with E-state index in [1.165, 1.54) is 34.4 Å². The molecule has 6 rings (SSSR count). The van der Waals surface area contributed by atoms with E-state index in [0.29, 0.717) is 21.2 Å². The van der Waals surface area contributed by atoms with Crippen LogP contribution in [-0.4, -0.2) is 27.1 Å². The third kappa shape index (κ3) is 5.22. The van der Waals surface area contributed by atoms with Crippen LogP contribution in [0, 0.1) is 0 Å². The van der Waals surface area contributed by atoms with E-state index in [9.17, 15) is 14.4 Å². The number of thioether (sulfide) groups is 1. The van der Waals surface area contributed by atoms with Gasteiger partial charge in [0.05, 0.1) is 22.4 Å². The zero-order valence-electron chi connectivity index (χ0n) is 21.5. The normalized spacial score (nSPS) is 13.1. The van der Waals surface area contributed by atoms with Crippen LogP contribution in [0.1, 0.15) is 40.1 Å². The van der Waals surface area contributed by atoms with Crippen LogP contribution in [0.3, 0.4) is 0 Å². The molecule has 0 saturated heterocycles. The number of nitrogens with zero attached hydrogens (tertiary/aromatic N) is 2. The number of rotatable bonds is 7. The summed E-state index contributed by atoms with van der Waals surface area (Å²) in [5.41, 5.74) is 8.57. The zero-order valence-corrected chi connectivity index (χ0v) is 24.0. The van der Waals surface area contributed by atoms with Gasteiger partial charge in [0.15, 0.2) is 5.16 Å². The Morgan fingerprint density at radius 1 is 0.975 bits per heavy atom. The van der Waals surface area contributed by atoms with E-state index >= 15 is 0 Å². The Hall–Kier alpha value is -3.73. The Kier molecular flexibility index (Phi) is 7.55. The highest BCUT2D eigenvalue weighted by atomic mass is 32.2. The van der Waals surface area contributed by atoms with Crippen LogP contribution >= 0.6 is 34.4 Å². The molecule has 3 N–H and O–H groups in total. The maximum atomic E-state index is 14.0. The van der Waals surface area contributed by atoms with Crippen LogP contribution < -0.4 is 16.6 Å². The molecule has 2 amide bonds. The van der Waals surface area contributed by atoms with Gasteiger partial charge in [-0.1, -0.05) is 66.7 Å². The van der Waals surface area contributed by atoms with E-state index in [1.807, 2.05) is 60.7 Å². The lowest BCUT2D eigenvalue weighted by molar-refractivity contribution is -0.113. The van der Waals surface area contributed by atoms with Gasteiger partial charge in [-0.05, 0) is 55.0 Å². The maximum absolute atomic E-state index is 14.0. The van der Waals surface area contributed by atoms with Gasteiger partial charge in [0, 0.05) is 9.75 Å². The highest BCUT2D eigenvalue weighted by molar-refractivity contribution is 7.99. The number of carbonyl (C=O) groups excluding carboxylic acids is 2. The van der Waals surface area contributed by atoms with Gasteiger partial charge < -0.3 is 11.1 Å². The smallest absolute Gasteiger partial charge is 0.267 e. The molecule has 5 aromatic rings. The number of anilines is 1. The molecule has 7 nitrogen and oxygen atoms in total. The van der Waals surface area contributed by atoms with Gasteiger partial charge in [-0.15, -0.1) is 22.7 Å². The summed E-state index contributed by atoms with van der Waals surface area (Å²) in [6.45, 7) is 0. The summed E-state index contributed by atoms with van der Waals surface area (Å²) < 4.78 is 1.62. The highest BCUT2D eigenvalue weighted by Crippen LogP contribution is 2.36. The van der Waals surface area contributed by atoms with Crippen molar-refractivity contribution >= 4 is 61.5 Å². The number of aryl methyl sites for hydroxylation is 2. The third-order valence-corrected chi connectivity index (χ3v) is 10.1. The lowest BCUT2D eigenvalue weighted by atomic mass is 10.1. The molecule has 0 spiro atoms. The van der Waals surface area contributed by atoms with Gasteiger partial charge in [-0.2, -0.15) is 0 Å². The molecule has 0 fully saturated rings. The molecule has 0 saturated carbocycles. The average molecular weight is 587 g/mol. The second kappa shape index (κ2) is 11.4. The molecule has 202 valence electrons. The summed E-state index contributed by atoms with van der Waals surface area (Å²) in [6.07, 6.45) is 5.23. The molecule has 3 aromatic heterocycles. The van der Waals surface area contributed by atoms with Crippen LogP contribution in [0.2, 0.25) is 0 Å². The van der Waals surface area contributed by atoms with E-state index in [-0.39, 0.29) is 22.8 Å². The molecule has 1 aliphatic carbocycles. The van der Waals surface area contributed by atoms with E-state index < -0.39 is 5.91 Å². The first-order valence-corrected chi connectivity index (χ1v) is 15.7. The summed E-state index contributed by atoms with van der Waals surface area (Å²) in [5, 5.41) is 4.43. The first kappa shape index (κ1) is 26.5. The second-order valence-electron chi connectivity index (χ2n) is 9.54. The minimum Gasteiger partial charge on any atom is -0.366 e.